The monoisotopic (exact) mass is 451 g/mol. The molecule has 0 atom stereocenters. The predicted molar refractivity (Wildman–Crippen MR) is 122 cm³/mol. The van der Waals surface area contributed by atoms with E-state index in [1.807, 2.05) is 29.2 Å². The number of nitriles is 1. The highest BCUT2D eigenvalue weighted by Crippen LogP contribution is 2.34. The highest BCUT2D eigenvalue weighted by molar-refractivity contribution is 6.33. The number of methoxy groups -OCH3 is 1. The third kappa shape index (κ3) is 3.83. The second-order valence-electron chi connectivity index (χ2n) is 7.44. The number of piperazine rings is 1. The second kappa shape index (κ2) is 8.81. The first-order valence-corrected chi connectivity index (χ1v) is 10.5. The Morgan fingerprint density at radius 2 is 1.97 bits per heavy atom. The third-order valence-corrected chi connectivity index (χ3v) is 5.91. The summed E-state index contributed by atoms with van der Waals surface area (Å²) in [6.07, 6.45) is 0. The number of nitrogens with two attached hydrogens (primary N) is 1. The molecule has 0 unspecified atom stereocenters. The maximum atomic E-state index is 13.4. The minimum absolute atomic E-state index is 0.152. The van der Waals surface area contributed by atoms with E-state index in [-0.39, 0.29) is 5.91 Å². The average Bonchev–Trinajstić information content (AvgIpc) is 3.21. The zero-order valence-electron chi connectivity index (χ0n) is 17.8. The number of hydrogen-bond donors (Lipinski definition) is 1. The van der Waals surface area contributed by atoms with Crippen molar-refractivity contribution in [2.75, 3.05) is 43.9 Å². The van der Waals surface area contributed by atoms with Gasteiger partial charge in [-0.3, -0.25) is 4.79 Å². The van der Waals surface area contributed by atoms with Crippen LogP contribution in [-0.2, 0) is 0 Å². The Kier molecular flexibility index (Phi) is 5.93. The molecule has 0 saturated carbocycles. The number of carbonyl (C=O) groups is 1. The van der Waals surface area contributed by atoms with E-state index in [4.69, 9.17) is 26.6 Å². The fraction of sp³-hybridized carbons (Fsp3) is 0.261. The number of rotatable bonds is 4. The first-order valence-electron chi connectivity index (χ1n) is 10.1. The van der Waals surface area contributed by atoms with Crippen molar-refractivity contribution in [3.63, 3.8) is 0 Å². The van der Waals surface area contributed by atoms with Gasteiger partial charge in [0.1, 0.15) is 28.8 Å². The molecule has 1 amide bonds. The van der Waals surface area contributed by atoms with E-state index in [1.54, 1.807) is 31.1 Å². The van der Waals surface area contributed by atoms with E-state index >= 15 is 0 Å². The largest absolute Gasteiger partial charge is 0.496 e. The lowest BCUT2D eigenvalue weighted by molar-refractivity contribution is 0.0745. The van der Waals surface area contributed by atoms with E-state index in [9.17, 15) is 10.1 Å². The molecule has 0 spiro atoms. The lowest BCUT2D eigenvalue weighted by atomic mass is 10.0. The summed E-state index contributed by atoms with van der Waals surface area (Å²) in [7, 11) is 1.57. The molecule has 4 rings (SSSR count). The first-order chi connectivity index (χ1) is 15.4. The molecule has 1 fully saturated rings. The number of carbonyl (C=O) groups excluding carboxylic acids is 1. The van der Waals surface area contributed by atoms with Crippen LogP contribution in [0.3, 0.4) is 0 Å². The zero-order chi connectivity index (χ0) is 22.8. The van der Waals surface area contributed by atoms with Gasteiger partial charge in [0.2, 0.25) is 0 Å². The minimum Gasteiger partial charge on any atom is -0.496 e. The second-order valence-corrected chi connectivity index (χ2v) is 7.85. The quantitative estimate of drug-likeness (QED) is 0.602. The first kappa shape index (κ1) is 21.5. The van der Waals surface area contributed by atoms with Crippen LogP contribution in [-0.4, -0.2) is 49.3 Å². The van der Waals surface area contributed by atoms with E-state index in [0.717, 1.165) is 5.69 Å². The molecule has 0 bridgehead atoms. The van der Waals surface area contributed by atoms with Gasteiger partial charge >= 0.3 is 0 Å². The van der Waals surface area contributed by atoms with Gasteiger partial charge in [-0.05, 0) is 31.2 Å². The van der Waals surface area contributed by atoms with Crippen LogP contribution in [0, 0.1) is 18.3 Å². The maximum Gasteiger partial charge on any atom is 0.259 e. The summed E-state index contributed by atoms with van der Waals surface area (Å²) < 4.78 is 10.8. The standard InChI is InChI=1S/C23H22ClN5O3/c1-14-21(22(27-32-14)16-5-3-4-6-20(16)31-2)23(30)29-9-7-28(8-10-29)19-12-18(26)17(24)11-15(19)13-25/h3-6,11-12H,7-10,26H2,1-2H3. The van der Waals surface area contributed by atoms with Crippen molar-refractivity contribution in [1.82, 2.24) is 10.1 Å². The van der Waals surface area contributed by atoms with Crippen LogP contribution < -0.4 is 15.4 Å². The highest BCUT2D eigenvalue weighted by atomic mass is 35.5. The molecule has 3 aromatic rings. The van der Waals surface area contributed by atoms with Crippen molar-refractivity contribution in [1.29, 1.82) is 5.26 Å². The van der Waals surface area contributed by atoms with Gasteiger partial charge in [0.05, 0.1) is 29.1 Å². The summed E-state index contributed by atoms with van der Waals surface area (Å²) >= 11 is 6.06. The summed E-state index contributed by atoms with van der Waals surface area (Å²) in [4.78, 5) is 17.2. The SMILES string of the molecule is COc1ccccc1-c1noc(C)c1C(=O)N1CCN(c2cc(N)c(Cl)cc2C#N)CC1. The maximum absolute atomic E-state index is 13.4. The fourth-order valence-electron chi connectivity index (χ4n) is 3.89. The Morgan fingerprint density at radius 3 is 2.66 bits per heavy atom. The molecule has 1 aliphatic rings. The third-order valence-electron chi connectivity index (χ3n) is 5.58. The molecule has 32 heavy (non-hydrogen) atoms. The van der Waals surface area contributed by atoms with E-state index < -0.39 is 0 Å². The van der Waals surface area contributed by atoms with Crippen molar-refractivity contribution in [2.45, 2.75) is 6.92 Å². The number of aryl methyl sites for hydroxylation is 1. The smallest absolute Gasteiger partial charge is 0.259 e. The Morgan fingerprint density at radius 1 is 1.25 bits per heavy atom. The number of benzene rings is 2. The van der Waals surface area contributed by atoms with Gasteiger partial charge in [-0.25, -0.2) is 0 Å². The van der Waals surface area contributed by atoms with Gasteiger partial charge in [0.25, 0.3) is 5.91 Å². The summed E-state index contributed by atoms with van der Waals surface area (Å²) in [5.74, 6) is 0.917. The molecule has 164 valence electrons. The summed E-state index contributed by atoms with van der Waals surface area (Å²) in [5, 5.41) is 14.0. The predicted octanol–water partition coefficient (Wildman–Crippen LogP) is 3.73. The van der Waals surface area contributed by atoms with Crippen molar-refractivity contribution >= 4 is 28.9 Å². The molecule has 1 aliphatic heterocycles. The lowest BCUT2D eigenvalue weighted by Crippen LogP contribution is -2.49. The van der Waals surface area contributed by atoms with E-state index in [2.05, 4.69) is 11.2 Å². The number of para-hydroxylation sites is 1. The van der Waals surface area contributed by atoms with Gasteiger partial charge in [0, 0.05) is 31.7 Å². The molecule has 8 nitrogen and oxygen atoms in total. The van der Waals surface area contributed by atoms with Gasteiger partial charge < -0.3 is 24.8 Å². The number of ether oxygens (including phenoxy) is 1. The van der Waals surface area contributed by atoms with Gasteiger partial charge in [-0.2, -0.15) is 5.26 Å². The number of nitrogens with zero attached hydrogens (tertiary/aromatic N) is 4. The lowest BCUT2D eigenvalue weighted by Gasteiger charge is -2.36. The molecule has 0 radical (unpaired) electrons. The molecule has 9 heteroatoms. The van der Waals surface area contributed by atoms with Gasteiger partial charge in [-0.15, -0.1) is 0 Å². The number of aromatic nitrogens is 1. The number of halogens is 1. The summed E-state index contributed by atoms with van der Waals surface area (Å²) in [5.41, 5.74) is 9.12. The van der Waals surface area contributed by atoms with Gasteiger partial charge in [-0.1, -0.05) is 28.9 Å². The van der Waals surface area contributed by atoms with Crippen LogP contribution >= 0.6 is 11.6 Å². The Labute approximate surface area is 190 Å². The minimum atomic E-state index is -0.152. The molecule has 2 aromatic carbocycles. The van der Waals surface area contributed by atoms with Crippen LogP contribution in [0.1, 0.15) is 21.7 Å². The van der Waals surface area contributed by atoms with Crippen LogP contribution in [0.25, 0.3) is 11.3 Å². The molecular formula is C23H22ClN5O3. The van der Waals surface area contributed by atoms with Crippen LogP contribution in [0.15, 0.2) is 40.9 Å². The average molecular weight is 452 g/mol. The number of amides is 1. The Balaban J connectivity index is 1.56. The summed E-state index contributed by atoms with van der Waals surface area (Å²) in [6.45, 7) is 3.78. The Hall–Kier alpha value is -3.70. The normalized spacial score (nSPS) is 13.7. The fourth-order valence-corrected chi connectivity index (χ4v) is 4.05. The van der Waals surface area contributed by atoms with E-state index in [1.165, 1.54) is 0 Å². The van der Waals surface area contributed by atoms with Crippen molar-refractivity contribution < 1.29 is 14.1 Å². The van der Waals surface area contributed by atoms with E-state index in [0.29, 0.717) is 70.8 Å². The zero-order valence-corrected chi connectivity index (χ0v) is 18.5. The molecular weight excluding hydrogens is 430 g/mol. The van der Waals surface area contributed by atoms with Crippen LogP contribution in [0.2, 0.25) is 5.02 Å². The number of nitrogen functional groups attached to an aromatic ring is 1. The molecule has 0 aliphatic carbocycles. The number of hydrogen-bond acceptors (Lipinski definition) is 7. The molecule has 2 heterocycles. The number of anilines is 2. The van der Waals surface area contributed by atoms with Crippen LogP contribution in [0.4, 0.5) is 11.4 Å². The Bertz CT molecular complexity index is 1210. The summed E-state index contributed by atoms with van der Waals surface area (Å²) in [6, 6.07) is 12.8. The van der Waals surface area contributed by atoms with Gasteiger partial charge in [0.15, 0.2) is 0 Å². The topological polar surface area (TPSA) is 109 Å². The van der Waals surface area contributed by atoms with Crippen molar-refractivity contribution in [3.05, 3.63) is 58.3 Å². The van der Waals surface area contributed by atoms with Crippen molar-refractivity contribution in [2.24, 2.45) is 0 Å². The molecule has 1 aromatic heterocycles. The molecule has 2 N–H and O–H groups in total. The molecule has 1 saturated heterocycles. The highest BCUT2D eigenvalue weighted by Gasteiger charge is 2.30. The van der Waals surface area contributed by atoms with Crippen LogP contribution in [0.5, 0.6) is 5.75 Å². The van der Waals surface area contributed by atoms with Crippen molar-refractivity contribution in [3.8, 4) is 23.1 Å².